The summed E-state index contributed by atoms with van der Waals surface area (Å²) in [6.07, 6.45) is 1.54. The number of hydrogen-bond acceptors (Lipinski definition) is 4. The number of aromatic nitrogens is 2. The Kier molecular flexibility index (Phi) is 4.73. The van der Waals surface area contributed by atoms with Crippen LogP contribution in [0.15, 0.2) is 30.6 Å². The van der Waals surface area contributed by atoms with E-state index in [1.807, 2.05) is 24.9 Å². The fourth-order valence-electron chi connectivity index (χ4n) is 2.30. The van der Waals surface area contributed by atoms with Gasteiger partial charge in [-0.25, -0.2) is 14.4 Å². The van der Waals surface area contributed by atoms with Gasteiger partial charge in [-0.1, -0.05) is 19.9 Å². The summed E-state index contributed by atoms with van der Waals surface area (Å²) in [7, 11) is 1.89. The van der Waals surface area contributed by atoms with E-state index in [2.05, 4.69) is 29.1 Å². The lowest BCUT2D eigenvalue weighted by atomic mass is 10.0. The highest BCUT2D eigenvalue weighted by Gasteiger charge is 2.18. The molecule has 0 aliphatic carbocycles. The van der Waals surface area contributed by atoms with Crippen LogP contribution in [0.5, 0.6) is 0 Å². The predicted molar refractivity (Wildman–Crippen MR) is 84.7 cm³/mol. The van der Waals surface area contributed by atoms with Crippen molar-refractivity contribution in [3.8, 4) is 0 Å². The van der Waals surface area contributed by atoms with Crippen LogP contribution in [0.25, 0.3) is 0 Å². The lowest BCUT2D eigenvalue weighted by Crippen LogP contribution is -2.17. The fraction of sp³-hybridized carbons (Fsp3) is 0.375. The third-order valence-corrected chi connectivity index (χ3v) is 3.30. The summed E-state index contributed by atoms with van der Waals surface area (Å²) in [4.78, 5) is 10.6. The van der Waals surface area contributed by atoms with Crippen molar-refractivity contribution in [2.45, 2.75) is 26.7 Å². The van der Waals surface area contributed by atoms with Crippen molar-refractivity contribution in [2.24, 2.45) is 0 Å². The molecule has 21 heavy (non-hydrogen) atoms. The highest BCUT2D eigenvalue weighted by Crippen LogP contribution is 2.33. The highest BCUT2D eigenvalue weighted by atomic mass is 19.1. The minimum atomic E-state index is -0.258. The first-order chi connectivity index (χ1) is 10.0. The molecule has 0 unspecified atom stereocenters. The van der Waals surface area contributed by atoms with Crippen LogP contribution in [0, 0.1) is 5.82 Å². The monoisotopic (exact) mass is 288 g/mol. The molecule has 0 radical (unpaired) electrons. The smallest absolute Gasteiger partial charge is 0.141 e. The third-order valence-electron chi connectivity index (χ3n) is 3.30. The summed E-state index contributed by atoms with van der Waals surface area (Å²) in [5.74, 6) is 1.62. The van der Waals surface area contributed by atoms with Gasteiger partial charge >= 0.3 is 0 Å². The highest BCUT2D eigenvalue weighted by molar-refractivity contribution is 5.67. The summed E-state index contributed by atoms with van der Waals surface area (Å²) >= 11 is 0. The van der Waals surface area contributed by atoms with Crippen molar-refractivity contribution in [3.63, 3.8) is 0 Å². The summed E-state index contributed by atoms with van der Waals surface area (Å²) < 4.78 is 13.4. The molecule has 0 fully saturated rings. The average molecular weight is 288 g/mol. The SMILES string of the molecule is CCNc1ncnc(N(C)c2cccc(F)c2)c1C(C)C. The van der Waals surface area contributed by atoms with E-state index in [0.717, 1.165) is 29.4 Å². The molecule has 5 heteroatoms. The molecule has 2 aromatic rings. The molecule has 112 valence electrons. The van der Waals surface area contributed by atoms with Crippen LogP contribution in [0.2, 0.25) is 0 Å². The Labute approximate surface area is 125 Å². The predicted octanol–water partition coefficient (Wildman–Crippen LogP) is 3.94. The molecule has 0 atom stereocenters. The molecule has 0 amide bonds. The Balaban J connectivity index is 2.49. The zero-order valence-corrected chi connectivity index (χ0v) is 12.9. The molecule has 0 spiro atoms. The molecule has 1 heterocycles. The van der Waals surface area contributed by atoms with Crippen LogP contribution in [0.1, 0.15) is 32.3 Å². The lowest BCUT2D eigenvalue weighted by Gasteiger charge is -2.24. The van der Waals surface area contributed by atoms with Crippen molar-refractivity contribution in [1.82, 2.24) is 9.97 Å². The van der Waals surface area contributed by atoms with E-state index >= 15 is 0 Å². The van der Waals surface area contributed by atoms with Gasteiger partial charge in [-0.05, 0) is 31.0 Å². The average Bonchev–Trinajstić information content (AvgIpc) is 2.46. The van der Waals surface area contributed by atoms with Gasteiger partial charge in [0.05, 0.1) is 0 Å². The molecule has 0 bridgehead atoms. The van der Waals surface area contributed by atoms with Gasteiger partial charge in [-0.3, -0.25) is 0 Å². The zero-order chi connectivity index (χ0) is 15.4. The largest absolute Gasteiger partial charge is 0.370 e. The first kappa shape index (κ1) is 15.2. The number of nitrogens with one attached hydrogen (secondary N) is 1. The molecule has 0 aliphatic heterocycles. The number of rotatable bonds is 5. The second-order valence-electron chi connectivity index (χ2n) is 5.18. The van der Waals surface area contributed by atoms with Crippen LogP contribution in [-0.2, 0) is 0 Å². The maximum Gasteiger partial charge on any atom is 0.141 e. The lowest BCUT2D eigenvalue weighted by molar-refractivity contribution is 0.628. The third kappa shape index (κ3) is 3.29. The van der Waals surface area contributed by atoms with Crippen LogP contribution in [0.4, 0.5) is 21.7 Å². The Hall–Kier alpha value is -2.17. The minimum Gasteiger partial charge on any atom is -0.370 e. The Bertz CT molecular complexity index is 613. The molecule has 1 aromatic carbocycles. The molecule has 2 rings (SSSR count). The topological polar surface area (TPSA) is 41.1 Å². The van der Waals surface area contributed by atoms with E-state index in [-0.39, 0.29) is 11.7 Å². The van der Waals surface area contributed by atoms with E-state index in [0.29, 0.717) is 0 Å². The Morgan fingerprint density at radius 2 is 2.05 bits per heavy atom. The van der Waals surface area contributed by atoms with Crippen LogP contribution in [-0.4, -0.2) is 23.6 Å². The Morgan fingerprint density at radius 3 is 2.67 bits per heavy atom. The first-order valence-electron chi connectivity index (χ1n) is 7.12. The van der Waals surface area contributed by atoms with Gasteiger partial charge in [0.1, 0.15) is 23.8 Å². The van der Waals surface area contributed by atoms with Gasteiger partial charge in [-0.15, -0.1) is 0 Å². The molecular weight excluding hydrogens is 267 g/mol. The van der Waals surface area contributed by atoms with Gasteiger partial charge in [-0.2, -0.15) is 0 Å². The number of benzene rings is 1. The molecule has 0 aliphatic rings. The van der Waals surface area contributed by atoms with Gasteiger partial charge in [0, 0.05) is 24.8 Å². The van der Waals surface area contributed by atoms with Gasteiger partial charge in [0.15, 0.2) is 0 Å². The van der Waals surface area contributed by atoms with E-state index in [9.17, 15) is 4.39 Å². The number of halogens is 1. The molecule has 0 saturated heterocycles. The molecule has 4 nitrogen and oxygen atoms in total. The van der Waals surface area contributed by atoms with Crippen molar-refractivity contribution in [2.75, 3.05) is 23.8 Å². The van der Waals surface area contributed by atoms with Crippen molar-refractivity contribution in [1.29, 1.82) is 0 Å². The van der Waals surface area contributed by atoms with E-state index in [1.165, 1.54) is 18.5 Å². The van der Waals surface area contributed by atoms with Crippen LogP contribution < -0.4 is 10.2 Å². The van der Waals surface area contributed by atoms with Gasteiger partial charge < -0.3 is 10.2 Å². The quantitative estimate of drug-likeness (QED) is 0.904. The second kappa shape index (κ2) is 6.52. The summed E-state index contributed by atoms with van der Waals surface area (Å²) in [5, 5.41) is 3.26. The standard InChI is InChI=1S/C16H21FN4/c1-5-18-15-14(11(2)3)16(20-10-19-15)21(4)13-8-6-7-12(17)9-13/h6-11H,5H2,1-4H3,(H,18,19,20). The van der Waals surface area contributed by atoms with E-state index in [4.69, 9.17) is 0 Å². The fourth-order valence-corrected chi connectivity index (χ4v) is 2.30. The van der Waals surface area contributed by atoms with Crippen molar-refractivity contribution < 1.29 is 4.39 Å². The van der Waals surface area contributed by atoms with Crippen LogP contribution in [0.3, 0.4) is 0 Å². The molecule has 1 N–H and O–H groups in total. The Morgan fingerprint density at radius 1 is 1.29 bits per heavy atom. The van der Waals surface area contributed by atoms with Crippen molar-refractivity contribution >= 4 is 17.3 Å². The number of anilines is 3. The van der Waals surface area contributed by atoms with Gasteiger partial charge in [0.2, 0.25) is 0 Å². The number of hydrogen-bond donors (Lipinski definition) is 1. The van der Waals surface area contributed by atoms with Crippen molar-refractivity contribution in [3.05, 3.63) is 42.0 Å². The zero-order valence-electron chi connectivity index (χ0n) is 12.9. The second-order valence-corrected chi connectivity index (χ2v) is 5.18. The van der Waals surface area contributed by atoms with Gasteiger partial charge in [0.25, 0.3) is 0 Å². The van der Waals surface area contributed by atoms with E-state index in [1.54, 1.807) is 6.07 Å². The summed E-state index contributed by atoms with van der Waals surface area (Å²) in [6.45, 7) is 7.02. The minimum absolute atomic E-state index is 0.256. The first-order valence-corrected chi connectivity index (χ1v) is 7.12. The van der Waals surface area contributed by atoms with E-state index < -0.39 is 0 Å². The molecular formula is C16H21FN4. The molecule has 0 saturated carbocycles. The maximum atomic E-state index is 13.4. The number of nitrogens with zero attached hydrogens (tertiary/aromatic N) is 3. The molecule has 1 aromatic heterocycles. The maximum absolute atomic E-state index is 13.4. The summed E-state index contributed by atoms with van der Waals surface area (Å²) in [5.41, 5.74) is 1.80. The summed E-state index contributed by atoms with van der Waals surface area (Å²) in [6, 6.07) is 6.49. The normalized spacial score (nSPS) is 10.8. The van der Waals surface area contributed by atoms with Crippen LogP contribution >= 0.6 is 0 Å².